The van der Waals surface area contributed by atoms with Crippen molar-refractivity contribution < 1.29 is 13.2 Å². The number of nitrogens with one attached hydrogen (secondary N) is 1. The molecule has 0 aromatic rings. The predicted octanol–water partition coefficient (Wildman–Crippen LogP) is 0.0114. The summed E-state index contributed by atoms with van der Waals surface area (Å²) in [5, 5.41) is 10.1. The van der Waals surface area contributed by atoms with Crippen molar-refractivity contribution >= 4 is 9.84 Å². The molecule has 1 N–H and O–H groups in total. The number of hydrazine groups is 1. The van der Waals surface area contributed by atoms with E-state index in [4.69, 9.17) is 10.00 Å². The lowest BCUT2D eigenvalue weighted by Crippen LogP contribution is -2.43. The van der Waals surface area contributed by atoms with Crippen LogP contribution in [0.15, 0.2) is 11.1 Å². The Bertz CT molecular complexity index is 417. The fraction of sp³-hybridized carbons (Fsp3) is 0.700. The molecule has 0 unspecified atom stereocenters. The molecule has 0 saturated carbocycles. The normalized spacial score (nSPS) is 19.1. The van der Waals surface area contributed by atoms with E-state index in [2.05, 4.69) is 5.43 Å². The van der Waals surface area contributed by atoms with E-state index < -0.39 is 15.1 Å². The minimum absolute atomic E-state index is 0.237. The van der Waals surface area contributed by atoms with Crippen LogP contribution in [0, 0.1) is 11.3 Å². The summed E-state index contributed by atoms with van der Waals surface area (Å²) in [6, 6.07) is 1.72. The molecule has 1 saturated heterocycles. The lowest BCUT2D eigenvalue weighted by molar-refractivity contribution is 0.0210. The lowest BCUT2D eigenvalue weighted by Gasteiger charge is -2.26. The van der Waals surface area contributed by atoms with Crippen LogP contribution in [0.2, 0.25) is 0 Å². The molecule has 0 aliphatic carbocycles. The van der Waals surface area contributed by atoms with Gasteiger partial charge in [-0.05, 0) is 13.8 Å². The monoisotopic (exact) mass is 259 g/mol. The third-order valence-corrected chi connectivity index (χ3v) is 4.49. The maximum absolute atomic E-state index is 11.8. The predicted molar refractivity (Wildman–Crippen MR) is 63.3 cm³/mol. The van der Waals surface area contributed by atoms with Crippen molar-refractivity contribution in [2.75, 3.05) is 26.3 Å². The molecule has 0 atom stereocenters. The number of rotatable bonds is 4. The largest absolute Gasteiger partial charge is 0.379 e. The van der Waals surface area contributed by atoms with Gasteiger partial charge in [-0.15, -0.1) is 0 Å². The first kappa shape index (κ1) is 14.0. The van der Waals surface area contributed by atoms with Crippen LogP contribution in [0.3, 0.4) is 0 Å². The number of hydrogen-bond donors (Lipinski definition) is 1. The highest BCUT2D eigenvalue weighted by molar-refractivity contribution is 7.96. The fourth-order valence-corrected chi connectivity index (χ4v) is 2.13. The zero-order valence-corrected chi connectivity index (χ0v) is 10.8. The summed E-state index contributed by atoms with van der Waals surface area (Å²) in [7, 11) is -3.51. The number of nitriles is 1. The summed E-state index contributed by atoms with van der Waals surface area (Å²) in [5.41, 5.74) is 2.82. The summed E-state index contributed by atoms with van der Waals surface area (Å²) in [6.45, 7) is 5.62. The molecular weight excluding hydrogens is 242 g/mol. The van der Waals surface area contributed by atoms with Gasteiger partial charge in [-0.2, -0.15) is 5.26 Å². The summed E-state index contributed by atoms with van der Waals surface area (Å²) in [5.74, 6) is 0. The minimum atomic E-state index is -3.51. The SMILES string of the molecule is CC(C)S(=O)(=O)/C(C#N)=C/NN1CCOCC1. The number of hydrogen-bond acceptors (Lipinski definition) is 6. The molecule has 6 nitrogen and oxygen atoms in total. The summed E-state index contributed by atoms with van der Waals surface area (Å²) < 4.78 is 28.7. The Morgan fingerprint density at radius 2 is 2.06 bits per heavy atom. The second-order valence-corrected chi connectivity index (χ2v) is 6.42. The molecule has 1 aliphatic heterocycles. The zero-order chi connectivity index (χ0) is 12.9. The first-order valence-electron chi connectivity index (χ1n) is 5.41. The van der Waals surface area contributed by atoms with Crippen LogP contribution in [0.1, 0.15) is 13.8 Å². The molecular formula is C10H17N3O3S. The van der Waals surface area contributed by atoms with E-state index >= 15 is 0 Å². The first-order valence-corrected chi connectivity index (χ1v) is 6.96. The molecule has 1 fully saturated rings. The quantitative estimate of drug-likeness (QED) is 0.716. The van der Waals surface area contributed by atoms with E-state index in [0.29, 0.717) is 26.3 Å². The van der Waals surface area contributed by atoms with Crippen molar-refractivity contribution in [2.45, 2.75) is 19.1 Å². The van der Waals surface area contributed by atoms with Crippen molar-refractivity contribution in [1.82, 2.24) is 10.4 Å². The van der Waals surface area contributed by atoms with Crippen molar-refractivity contribution in [1.29, 1.82) is 5.26 Å². The Labute approximate surface area is 102 Å². The van der Waals surface area contributed by atoms with E-state index in [-0.39, 0.29) is 4.91 Å². The maximum Gasteiger partial charge on any atom is 0.192 e. The summed E-state index contributed by atoms with van der Waals surface area (Å²) in [6.07, 6.45) is 1.25. The van der Waals surface area contributed by atoms with Crippen LogP contribution in [0.4, 0.5) is 0 Å². The Morgan fingerprint density at radius 1 is 1.47 bits per heavy atom. The van der Waals surface area contributed by atoms with Gasteiger partial charge in [0.2, 0.25) is 0 Å². The lowest BCUT2D eigenvalue weighted by atomic mass is 10.5. The van der Waals surface area contributed by atoms with Gasteiger partial charge in [-0.1, -0.05) is 0 Å². The Morgan fingerprint density at radius 3 is 2.53 bits per heavy atom. The van der Waals surface area contributed by atoms with Gasteiger partial charge < -0.3 is 10.2 Å². The average Bonchev–Trinajstić information content (AvgIpc) is 2.30. The second kappa shape index (κ2) is 6.00. The zero-order valence-electron chi connectivity index (χ0n) is 10.0. The summed E-state index contributed by atoms with van der Waals surface area (Å²) in [4.78, 5) is -0.237. The number of sulfone groups is 1. The highest BCUT2D eigenvalue weighted by atomic mass is 32.2. The van der Waals surface area contributed by atoms with Crippen LogP contribution >= 0.6 is 0 Å². The van der Waals surface area contributed by atoms with Gasteiger partial charge in [0, 0.05) is 19.3 Å². The van der Waals surface area contributed by atoms with E-state index in [1.54, 1.807) is 19.9 Å². The van der Waals surface area contributed by atoms with Gasteiger partial charge in [-0.3, -0.25) is 0 Å². The molecule has 0 amide bonds. The van der Waals surface area contributed by atoms with Gasteiger partial charge in [-0.25, -0.2) is 13.4 Å². The number of ether oxygens (including phenoxy) is 1. The minimum Gasteiger partial charge on any atom is -0.379 e. The Hall–Kier alpha value is -1.10. The van der Waals surface area contributed by atoms with E-state index in [0.717, 1.165) is 0 Å². The Balaban J connectivity index is 2.71. The molecule has 17 heavy (non-hydrogen) atoms. The van der Waals surface area contributed by atoms with Gasteiger partial charge in [0.25, 0.3) is 0 Å². The van der Waals surface area contributed by atoms with Gasteiger partial charge in [0.05, 0.1) is 18.5 Å². The maximum atomic E-state index is 11.8. The topological polar surface area (TPSA) is 82.4 Å². The molecule has 96 valence electrons. The van der Waals surface area contributed by atoms with E-state index in [1.807, 2.05) is 5.01 Å². The van der Waals surface area contributed by atoms with Gasteiger partial charge >= 0.3 is 0 Å². The highest BCUT2D eigenvalue weighted by Crippen LogP contribution is 2.11. The molecule has 1 heterocycles. The number of allylic oxidation sites excluding steroid dienone is 1. The van der Waals surface area contributed by atoms with Crippen LogP contribution in [0.25, 0.3) is 0 Å². The van der Waals surface area contributed by atoms with Crippen LogP contribution in [-0.4, -0.2) is 45.0 Å². The van der Waals surface area contributed by atoms with Crippen LogP contribution in [-0.2, 0) is 14.6 Å². The van der Waals surface area contributed by atoms with Crippen molar-refractivity contribution in [3.63, 3.8) is 0 Å². The summed E-state index contributed by atoms with van der Waals surface area (Å²) >= 11 is 0. The van der Waals surface area contributed by atoms with Crippen molar-refractivity contribution in [3.05, 3.63) is 11.1 Å². The molecule has 1 aliphatic rings. The third kappa shape index (κ3) is 3.70. The molecule has 0 aromatic heterocycles. The van der Waals surface area contributed by atoms with Gasteiger partial charge in [0.1, 0.15) is 6.07 Å². The number of nitrogens with zero attached hydrogens (tertiary/aromatic N) is 2. The Kier molecular flexibility index (Phi) is 4.93. The highest BCUT2D eigenvalue weighted by Gasteiger charge is 2.22. The van der Waals surface area contributed by atoms with E-state index in [9.17, 15) is 8.42 Å². The molecule has 0 bridgehead atoms. The van der Waals surface area contributed by atoms with Crippen LogP contribution < -0.4 is 5.43 Å². The standard InChI is InChI=1S/C10H17N3O3S/c1-9(2)17(14,15)10(7-11)8-12-13-3-5-16-6-4-13/h8-9,12H,3-6H2,1-2H3/b10-8+. The number of morpholine rings is 1. The second-order valence-electron chi connectivity index (χ2n) is 3.94. The molecule has 7 heteroatoms. The average molecular weight is 259 g/mol. The molecule has 0 radical (unpaired) electrons. The third-order valence-electron chi connectivity index (χ3n) is 2.43. The fourth-order valence-electron chi connectivity index (χ4n) is 1.27. The van der Waals surface area contributed by atoms with Crippen molar-refractivity contribution in [3.8, 4) is 6.07 Å². The molecule has 0 spiro atoms. The smallest absolute Gasteiger partial charge is 0.192 e. The first-order chi connectivity index (χ1) is 7.98. The van der Waals surface area contributed by atoms with Crippen LogP contribution in [0.5, 0.6) is 0 Å². The molecule has 1 rings (SSSR count). The van der Waals surface area contributed by atoms with Gasteiger partial charge in [0.15, 0.2) is 14.7 Å². The molecule has 0 aromatic carbocycles. The van der Waals surface area contributed by atoms with Crippen molar-refractivity contribution in [2.24, 2.45) is 0 Å². The van der Waals surface area contributed by atoms with E-state index in [1.165, 1.54) is 6.20 Å².